The van der Waals surface area contributed by atoms with Gasteiger partial charge in [0.1, 0.15) is 11.5 Å². The van der Waals surface area contributed by atoms with Crippen LogP contribution >= 0.6 is 24.0 Å². The highest BCUT2D eigenvalue weighted by atomic mass is 127. The Labute approximate surface area is 129 Å². The van der Waals surface area contributed by atoms with Gasteiger partial charge in [-0.2, -0.15) is 0 Å². The SMILES string of the molecule is CCCCN1CN(C)c2c1n(C)c(=O)n(C)c2=O.I. The number of fused-ring (bicyclic) bond motifs is 1. The molecule has 7 heteroatoms. The molecule has 2 rings (SSSR count). The first-order valence-corrected chi connectivity index (χ1v) is 6.25. The van der Waals surface area contributed by atoms with E-state index in [1.54, 1.807) is 11.6 Å². The summed E-state index contributed by atoms with van der Waals surface area (Å²) in [6, 6.07) is 0. The Balaban J connectivity index is 0.00000180. The van der Waals surface area contributed by atoms with Crippen LogP contribution in [0.25, 0.3) is 0 Å². The summed E-state index contributed by atoms with van der Waals surface area (Å²) in [5.41, 5.74) is 0.140. The van der Waals surface area contributed by atoms with Gasteiger partial charge in [-0.25, -0.2) is 4.79 Å². The number of anilines is 2. The number of halogens is 1. The van der Waals surface area contributed by atoms with Gasteiger partial charge in [0.25, 0.3) is 5.56 Å². The molecule has 1 aliphatic heterocycles. The van der Waals surface area contributed by atoms with Gasteiger partial charge in [0.05, 0.1) is 6.67 Å². The van der Waals surface area contributed by atoms with E-state index in [0.29, 0.717) is 12.4 Å². The summed E-state index contributed by atoms with van der Waals surface area (Å²) in [6.07, 6.45) is 2.14. The van der Waals surface area contributed by atoms with Crippen LogP contribution in [0.15, 0.2) is 9.59 Å². The predicted molar refractivity (Wildman–Crippen MR) is 87.9 cm³/mol. The van der Waals surface area contributed by atoms with Gasteiger partial charge in [-0.1, -0.05) is 13.3 Å². The molecule has 0 atom stereocenters. The normalized spacial score (nSPS) is 13.5. The topological polar surface area (TPSA) is 50.5 Å². The number of aromatic nitrogens is 2. The van der Waals surface area contributed by atoms with E-state index in [9.17, 15) is 9.59 Å². The van der Waals surface area contributed by atoms with E-state index in [1.807, 2.05) is 11.9 Å². The highest BCUT2D eigenvalue weighted by Gasteiger charge is 2.29. The molecular formula is C12H21IN4O2. The molecule has 0 N–H and O–H groups in total. The fourth-order valence-electron chi connectivity index (χ4n) is 2.43. The van der Waals surface area contributed by atoms with Gasteiger partial charge in [-0.05, 0) is 6.42 Å². The Bertz CT molecular complexity index is 578. The summed E-state index contributed by atoms with van der Waals surface area (Å²) in [7, 11) is 5.13. The molecule has 6 nitrogen and oxygen atoms in total. The molecule has 1 aromatic heterocycles. The van der Waals surface area contributed by atoms with Crippen molar-refractivity contribution in [2.75, 3.05) is 30.1 Å². The fraction of sp³-hybridized carbons (Fsp3) is 0.667. The van der Waals surface area contributed by atoms with Crippen molar-refractivity contribution < 1.29 is 0 Å². The van der Waals surface area contributed by atoms with Crippen LogP contribution in [-0.2, 0) is 14.1 Å². The number of unbranched alkanes of at least 4 members (excludes halogenated alkanes) is 1. The maximum Gasteiger partial charge on any atom is 0.332 e. The molecule has 0 unspecified atom stereocenters. The van der Waals surface area contributed by atoms with Crippen molar-refractivity contribution in [2.24, 2.45) is 14.1 Å². The van der Waals surface area contributed by atoms with Gasteiger partial charge < -0.3 is 9.80 Å². The number of hydrogen-bond donors (Lipinski definition) is 0. The smallest absolute Gasteiger partial charge is 0.332 e. The lowest BCUT2D eigenvalue weighted by atomic mass is 10.3. The van der Waals surface area contributed by atoms with Crippen LogP contribution in [0.1, 0.15) is 19.8 Å². The van der Waals surface area contributed by atoms with Crippen molar-refractivity contribution in [3.63, 3.8) is 0 Å². The molecule has 1 aliphatic rings. The average molecular weight is 380 g/mol. The molecule has 0 bridgehead atoms. The summed E-state index contributed by atoms with van der Waals surface area (Å²) in [5, 5.41) is 0. The van der Waals surface area contributed by atoms with Gasteiger partial charge in [-0.3, -0.25) is 13.9 Å². The standard InChI is InChI=1S/C12H20N4O2.HI/c1-5-6-7-16-8-13(2)9-10(16)14(3)12(18)15(4)11(9)17;/h5-8H2,1-4H3;1H. The molecule has 0 amide bonds. The van der Waals surface area contributed by atoms with Gasteiger partial charge in [-0.15, -0.1) is 24.0 Å². The molecule has 0 saturated heterocycles. The van der Waals surface area contributed by atoms with Crippen molar-refractivity contribution >= 4 is 35.5 Å². The third-order valence-corrected chi connectivity index (χ3v) is 3.46. The Morgan fingerprint density at radius 2 is 1.74 bits per heavy atom. The van der Waals surface area contributed by atoms with Crippen LogP contribution in [0, 0.1) is 0 Å². The summed E-state index contributed by atoms with van der Waals surface area (Å²) >= 11 is 0. The number of nitrogens with zero attached hydrogens (tertiary/aromatic N) is 4. The van der Waals surface area contributed by atoms with Gasteiger partial charge in [0, 0.05) is 27.7 Å². The minimum absolute atomic E-state index is 0. The van der Waals surface area contributed by atoms with Crippen molar-refractivity contribution in [3.8, 4) is 0 Å². The Morgan fingerprint density at radius 1 is 1.11 bits per heavy atom. The van der Waals surface area contributed by atoms with Crippen LogP contribution < -0.4 is 21.0 Å². The highest BCUT2D eigenvalue weighted by Crippen LogP contribution is 2.29. The van der Waals surface area contributed by atoms with Gasteiger partial charge in [0.15, 0.2) is 0 Å². The molecule has 108 valence electrons. The first kappa shape index (κ1) is 16.1. The molecule has 0 aromatic carbocycles. The fourth-order valence-corrected chi connectivity index (χ4v) is 2.43. The minimum atomic E-state index is -0.268. The largest absolute Gasteiger partial charge is 0.349 e. The lowest BCUT2D eigenvalue weighted by Gasteiger charge is -2.20. The van der Waals surface area contributed by atoms with Crippen molar-refractivity contribution in [3.05, 3.63) is 20.8 Å². The molecule has 0 fully saturated rings. The molecule has 0 spiro atoms. The second-order valence-electron chi connectivity index (χ2n) is 4.83. The third-order valence-electron chi connectivity index (χ3n) is 3.46. The molecule has 0 saturated carbocycles. The molecule has 0 aliphatic carbocycles. The molecule has 19 heavy (non-hydrogen) atoms. The number of rotatable bonds is 3. The van der Waals surface area contributed by atoms with Crippen LogP contribution in [-0.4, -0.2) is 29.4 Å². The van der Waals surface area contributed by atoms with Crippen LogP contribution in [0.4, 0.5) is 11.5 Å². The first-order valence-electron chi connectivity index (χ1n) is 6.25. The quantitative estimate of drug-likeness (QED) is 0.726. The molecule has 1 aromatic rings. The summed E-state index contributed by atoms with van der Waals surface area (Å²) in [4.78, 5) is 28.1. The Morgan fingerprint density at radius 3 is 2.32 bits per heavy atom. The summed E-state index contributed by atoms with van der Waals surface area (Å²) in [6.45, 7) is 3.67. The second-order valence-corrected chi connectivity index (χ2v) is 4.83. The molecule has 2 heterocycles. The minimum Gasteiger partial charge on any atom is -0.349 e. The van der Waals surface area contributed by atoms with E-state index in [-0.39, 0.29) is 35.2 Å². The molecule has 0 radical (unpaired) electrons. The zero-order chi connectivity index (χ0) is 13.4. The van der Waals surface area contributed by atoms with Crippen molar-refractivity contribution in [1.29, 1.82) is 0 Å². The maximum absolute atomic E-state index is 12.1. The lowest BCUT2D eigenvalue weighted by Crippen LogP contribution is -2.39. The van der Waals surface area contributed by atoms with Gasteiger partial charge >= 0.3 is 5.69 Å². The van der Waals surface area contributed by atoms with E-state index >= 15 is 0 Å². The second kappa shape index (κ2) is 5.98. The van der Waals surface area contributed by atoms with E-state index < -0.39 is 0 Å². The van der Waals surface area contributed by atoms with Gasteiger partial charge in [0.2, 0.25) is 0 Å². The third kappa shape index (κ3) is 2.52. The van der Waals surface area contributed by atoms with Crippen LogP contribution in [0.2, 0.25) is 0 Å². The lowest BCUT2D eigenvalue weighted by molar-refractivity contribution is 0.669. The first-order chi connectivity index (χ1) is 8.49. The zero-order valence-electron chi connectivity index (χ0n) is 11.8. The van der Waals surface area contributed by atoms with E-state index in [0.717, 1.165) is 25.2 Å². The zero-order valence-corrected chi connectivity index (χ0v) is 14.2. The van der Waals surface area contributed by atoms with E-state index in [2.05, 4.69) is 11.8 Å². The Kier molecular flexibility index (Phi) is 5.05. The maximum atomic E-state index is 12.1. The van der Waals surface area contributed by atoms with E-state index in [1.165, 1.54) is 11.6 Å². The van der Waals surface area contributed by atoms with Crippen LogP contribution in [0.3, 0.4) is 0 Å². The van der Waals surface area contributed by atoms with Crippen LogP contribution in [0.5, 0.6) is 0 Å². The van der Waals surface area contributed by atoms with Crippen molar-refractivity contribution in [2.45, 2.75) is 19.8 Å². The highest BCUT2D eigenvalue weighted by molar-refractivity contribution is 14.0. The monoisotopic (exact) mass is 380 g/mol. The summed E-state index contributed by atoms with van der Waals surface area (Å²) < 4.78 is 2.73. The Hall–Kier alpha value is -0.990. The van der Waals surface area contributed by atoms with Crippen molar-refractivity contribution in [1.82, 2.24) is 9.13 Å². The summed E-state index contributed by atoms with van der Waals surface area (Å²) in [5.74, 6) is 0.749. The number of hydrogen-bond acceptors (Lipinski definition) is 4. The predicted octanol–water partition coefficient (Wildman–Crippen LogP) is 0.716. The average Bonchev–Trinajstić information content (AvgIpc) is 2.68. The molecular weight excluding hydrogens is 359 g/mol. The van der Waals surface area contributed by atoms with E-state index in [4.69, 9.17) is 0 Å².